The van der Waals surface area contributed by atoms with Gasteiger partial charge in [0.25, 0.3) is 5.91 Å². The van der Waals surface area contributed by atoms with Crippen LogP contribution in [0.25, 0.3) is 11.4 Å². The molecule has 1 aliphatic heterocycles. The van der Waals surface area contributed by atoms with E-state index in [2.05, 4.69) is 32.7 Å². The quantitative estimate of drug-likeness (QED) is 0.301. The van der Waals surface area contributed by atoms with Crippen LogP contribution in [0.2, 0.25) is 0 Å². The highest BCUT2D eigenvalue weighted by Gasteiger charge is 2.39. The standard InChI is InChI=1S/C32H36N6O6/c1-2-44-32(43)38-17-15-37(16-18-38)31(42)24(13-14-28(39)40)35-30(41)26-20-27(36-29(34-26)22-11-7-4-8-12-22)33-25-19-23(25)21-9-5-3-6-10-21/h3-12,20,23-25H,2,13-19H2,1H3,(H,35,41)(H,39,40)(H,33,34,36). The molecule has 2 aliphatic rings. The van der Waals surface area contributed by atoms with Crippen molar-refractivity contribution < 1.29 is 29.0 Å². The number of hydrogen-bond acceptors (Lipinski definition) is 8. The van der Waals surface area contributed by atoms with Crippen molar-refractivity contribution in [2.45, 2.75) is 44.2 Å². The monoisotopic (exact) mass is 600 g/mol. The Labute approximate surface area is 255 Å². The van der Waals surface area contributed by atoms with Crippen molar-refractivity contribution in [1.82, 2.24) is 25.1 Å². The largest absolute Gasteiger partial charge is 0.481 e. The number of anilines is 1. The fraction of sp³-hybridized carbons (Fsp3) is 0.375. The van der Waals surface area contributed by atoms with Crippen molar-refractivity contribution in [1.29, 1.82) is 0 Å². The maximum atomic E-state index is 13.6. The molecule has 2 heterocycles. The fourth-order valence-corrected chi connectivity index (χ4v) is 5.27. The first-order valence-electron chi connectivity index (χ1n) is 14.8. The first kappa shape index (κ1) is 30.5. The zero-order valence-electron chi connectivity index (χ0n) is 24.5. The molecule has 1 saturated heterocycles. The summed E-state index contributed by atoms with van der Waals surface area (Å²) in [4.78, 5) is 62.8. The van der Waals surface area contributed by atoms with Gasteiger partial charge in [0.1, 0.15) is 17.6 Å². The number of aliphatic carboxylic acids is 1. The first-order valence-corrected chi connectivity index (χ1v) is 14.8. The summed E-state index contributed by atoms with van der Waals surface area (Å²) in [5.41, 5.74) is 2.00. The number of carbonyl (C=O) groups excluding carboxylic acids is 3. The molecule has 44 heavy (non-hydrogen) atoms. The summed E-state index contributed by atoms with van der Waals surface area (Å²) in [5.74, 6) is -0.955. The lowest BCUT2D eigenvalue weighted by molar-refractivity contribution is -0.138. The van der Waals surface area contributed by atoms with E-state index in [1.165, 1.54) is 15.4 Å². The van der Waals surface area contributed by atoms with Crippen LogP contribution in [0, 0.1) is 0 Å². The molecule has 12 heteroatoms. The van der Waals surface area contributed by atoms with Gasteiger partial charge in [-0.3, -0.25) is 14.4 Å². The molecule has 0 radical (unpaired) electrons. The lowest BCUT2D eigenvalue weighted by Gasteiger charge is -2.35. The average molecular weight is 601 g/mol. The predicted octanol–water partition coefficient (Wildman–Crippen LogP) is 3.38. The molecule has 1 aliphatic carbocycles. The Morgan fingerprint density at radius 2 is 1.61 bits per heavy atom. The number of nitrogens with one attached hydrogen (secondary N) is 2. The van der Waals surface area contributed by atoms with Gasteiger partial charge in [-0.15, -0.1) is 0 Å². The van der Waals surface area contributed by atoms with E-state index in [1.54, 1.807) is 13.0 Å². The molecule has 0 bridgehead atoms. The van der Waals surface area contributed by atoms with E-state index in [0.717, 1.165) is 12.0 Å². The number of rotatable bonds is 11. The van der Waals surface area contributed by atoms with E-state index in [-0.39, 0.29) is 57.4 Å². The van der Waals surface area contributed by atoms with Gasteiger partial charge in [-0.1, -0.05) is 60.7 Å². The molecule has 3 unspecified atom stereocenters. The Morgan fingerprint density at radius 3 is 2.27 bits per heavy atom. The van der Waals surface area contributed by atoms with Gasteiger partial charge in [-0.25, -0.2) is 14.8 Å². The molecule has 1 saturated carbocycles. The third kappa shape index (κ3) is 7.68. The number of nitrogens with zero attached hydrogens (tertiary/aromatic N) is 4. The summed E-state index contributed by atoms with van der Waals surface area (Å²) in [6.07, 6.45) is 0.0684. The van der Waals surface area contributed by atoms with Gasteiger partial charge in [0.15, 0.2) is 5.82 Å². The molecule has 3 atom stereocenters. The molecule has 3 amide bonds. The van der Waals surface area contributed by atoms with E-state index in [0.29, 0.717) is 17.6 Å². The topological polar surface area (TPSA) is 154 Å². The Bertz CT molecular complexity index is 1480. The van der Waals surface area contributed by atoms with Crippen LogP contribution in [0.15, 0.2) is 66.7 Å². The van der Waals surface area contributed by atoms with Gasteiger partial charge in [0, 0.05) is 56.2 Å². The molecular weight excluding hydrogens is 564 g/mol. The second-order valence-electron chi connectivity index (χ2n) is 10.8. The number of carboxylic acid groups (broad SMARTS) is 1. The van der Waals surface area contributed by atoms with Crippen molar-refractivity contribution in [3.05, 3.63) is 78.0 Å². The van der Waals surface area contributed by atoms with Crippen LogP contribution >= 0.6 is 0 Å². The second kappa shape index (κ2) is 14.0. The first-order chi connectivity index (χ1) is 21.3. The van der Waals surface area contributed by atoms with Crippen LogP contribution < -0.4 is 10.6 Å². The highest BCUT2D eigenvalue weighted by Crippen LogP contribution is 2.42. The number of carbonyl (C=O) groups is 4. The third-order valence-electron chi connectivity index (χ3n) is 7.71. The Morgan fingerprint density at radius 1 is 0.955 bits per heavy atom. The smallest absolute Gasteiger partial charge is 0.409 e. The van der Waals surface area contributed by atoms with Gasteiger partial charge in [-0.05, 0) is 25.3 Å². The maximum Gasteiger partial charge on any atom is 0.409 e. The number of hydrogen-bond donors (Lipinski definition) is 3. The Balaban J connectivity index is 1.33. The van der Waals surface area contributed by atoms with E-state index >= 15 is 0 Å². The van der Waals surface area contributed by atoms with Gasteiger partial charge in [0.2, 0.25) is 5.91 Å². The van der Waals surface area contributed by atoms with Crippen molar-refractivity contribution in [2.24, 2.45) is 0 Å². The van der Waals surface area contributed by atoms with Crippen LogP contribution in [0.4, 0.5) is 10.6 Å². The van der Waals surface area contributed by atoms with E-state index < -0.39 is 29.9 Å². The zero-order chi connectivity index (χ0) is 31.1. The molecule has 2 fully saturated rings. The summed E-state index contributed by atoms with van der Waals surface area (Å²) in [7, 11) is 0. The molecule has 230 valence electrons. The summed E-state index contributed by atoms with van der Waals surface area (Å²) in [6.45, 7) is 3.00. The number of piperazine rings is 1. The minimum atomic E-state index is -1.09. The van der Waals surface area contributed by atoms with Crippen molar-refractivity contribution in [2.75, 3.05) is 38.1 Å². The van der Waals surface area contributed by atoms with Crippen molar-refractivity contribution in [3.8, 4) is 11.4 Å². The third-order valence-corrected chi connectivity index (χ3v) is 7.71. The highest BCUT2D eigenvalue weighted by molar-refractivity contribution is 5.97. The van der Waals surface area contributed by atoms with Crippen LogP contribution in [0.1, 0.15) is 48.2 Å². The molecule has 12 nitrogen and oxygen atoms in total. The summed E-state index contributed by atoms with van der Waals surface area (Å²) < 4.78 is 5.04. The fourth-order valence-electron chi connectivity index (χ4n) is 5.27. The van der Waals surface area contributed by atoms with Crippen molar-refractivity contribution in [3.63, 3.8) is 0 Å². The Kier molecular flexibility index (Phi) is 9.68. The molecule has 5 rings (SSSR count). The second-order valence-corrected chi connectivity index (χ2v) is 10.8. The lowest BCUT2D eigenvalue weighted by atomic mass is 10.1. The van der Waals surface area contributed by atoms with E-state index in [9.17, 15) is 24.3 Å². The number of ether oxygens (including phenoxy) is 1. The van der Waals surface area contributed by atoms with Gasteiger partial charge in [-0.2, -0.15) is 0 Å². The van der Waals surface area contributed by atoms with Crippen LogP contribution in [-0.4, -0.2) is 93.6 Å². The highest BCUT2D eigenvalue weighted by atomic mass is 16.6. The van der Waals surface area contributed by atoms with Gasteiger partial charge in [0.05, 0.1) is 6.61 Å². The van der Waals surface area contributed by atoms with E-state index in [4.69, 9.17) is 4.74 Å². The molecule has 3 N–H and O–H groups in total. The predicted molar refractivity (Wildman–Crippen MR) is 162 cm³/mol. The minimum Gasteiger partial charge on any atom is -0.481 e. The number of carboxylic acids is 1. The van der Waals surface area contributed by atoms with Gasteiger partial charge < -0.3 is 30.3 Å². The van der Waals surface area contributed by atoms with Crippen LogP contribution in [0.3, 0.4) is 0 Å². The molecule has 2 aromatic carbocycles. The number of amides is 3. The zero-order valence-corrected chi connectivity index (χ0v) is 24.5. The van der Waals surface area contributed by atoms with E-state index in [1.807, 2.05) is 48.5 Å². The van der Waals surface area contributed by atoms with Crippen molar-refractivity contribution >= 4 is 29.7 Å². The number of benzene rings is 2. The molecule has 3 aromatic rings. The molecular formula is C32H36N6O6. The normalized spacial score (nSPS) is 18.2. The van der Waals surface area contributed by atoms with Gasteiger partial charge >= 0.3 is 12.1 Å². The number of aromatic nitrogens is 2. The minimum absolute atomic E-state index is 0.0542. The SMILES string of the molecule is CCOC(=O)N1CCN(C(=O)C(CCC(=O)O)NC(=O)c2cc(NC3CC3c3ccccc3)nc(-c3ccccc3)n2)CC1. The molecule has 0 spiro atoms. The summed E-state index contributed by atoms with van der Waals surface area (Å²) in [6, 6.07) is 20.1. The lowest BCUT2D eigenvalue weighted by Crippen LogP contribution is -2.56. The maximum absolute atomic E-state index is 13.6. The summed E-state index contributed by atoms with van der Waals surface area (Å²) in [5, 5.41) is 15.5. The van der Waals surface area contributed by atoms with Crippen LogP contribution in [-0.2, 0) is 14.3 Å². The average Bonchev–Trinajstić information content (AvgIpc) is 3.82. The Hall–Kier alpha value is -5.00. The van der Waals surface area contributed by atoms with Crippen LogP contribution in [0.5, 0.6) is 0 Å². The summed E-state index contributed by atoms with van der Waals surface area (Å²) >= 11 is 0. The molecule has 1 aromatic heterocycles.